The maximum absolute atomic E-state index is 6.19. The highest BCUT2D eigenvalue weighted by Gasteiger charge is 2.18. The van der Waals surface area contributed by atoms with E-state index in [1.54, 1.807) is 0 Å². The Bertz CT molecular complexity index is 364. The summed E-state index contributed by atoms with van der Waals surface area (Å²) in [5.41, 5.74) is 1.09. The molecule has 94 valence electrons. The molecule has 0 spiro atoms. The van der Waals surface area contributed by atoms with Gasteiger partial charge in [0.15, 0.2) is 0 Å². The molecule has 1 aromatic rings. The van der Waals surface area contributed by atoms with Gasteiger partial charge in [-0.25, -0.2) is 0 Å². The minimum absolute atomic E-state index is 0.124. The minimum Gasteiger partial charge on any atom is -0.486 e. The molecular weight excluding hydrogens is 238 g/mol. The first kappa shape index (κ1) is 12.7. The second kappa shape index (κ2) is 6.24. The molecule has 2 rings (SSSR count). The van der Waals surface area contributed by atoms with E-state index in [4.69, 9.17) is 21.1 Å². The fourth-order valence-electron chi connectivity index (χ4n) is 1.99. The summed E-state index contributed by atoms with van der Waals surface area (Å²) in [6.07, 6.45) is 2.21. The van der Waals surface area contributed by atoms with Crippen LogP contribution in [0, 0.1) is 0 Å². The van der Waals surface area contributed by atoms with Crippen LogP contribution in [0.25, 0.3) is 0 Å². The van der Waals surface area contributed by atoms with Crippen molar-refractivity contribution in [3.63, 3.8) is 0 Å². The third kappa shape index (κ3) is 3.35. The van der Waals surface area contributed by atoms with Crippen molar-refractivity contribution < 1.29 is 9.47 Å². The first-order valence-corrected chi connectivity index (χ1v) is 6.35. The highest BCUT2D eigenvalue weighted by molar-refractivity contribution is 6.32. The molecule has 1 unspecified atom stereocenters. The zero-order valence-corrected chi connectivity index (χ0v) is 10.8. The van der Waals surface area contributed by atoms with E-state index in [9.17, 15) is 0 Å². The van der Waals surface area contributed by atoms with E-state index >= 15 is 0 Å². The molecule has 4 heteroatoms. The molecule has 3 nitrogen and oxygen atoms in total. The number of ether oxygens (including phenoxy) is 2. The van der Waals surface area contributed by atoms with E-state index in [0.29, 0.717) is 11.6 Å². The van der Waals surface area contributed by atoms with Crippen LogP contribution < -0.4 is 10.1 Å². The molecule has 0 amide bonds. The average molecular weight is 256 g/mol. The lowest BCUT2D eigenvalue weighted by atomic mass is 10.1. The minimum atomic E-state index is 0.124. The molecule has 1 atom stereocenters. The average Bonchev–Trinajstić information content (AvgIpc) is 2.35. The molecule has 0 aliphatic carbocycles. The highest BCUT2D eigenvalue weighted by Crippen LogP contribution is 2.30. The van der Waals surface area contributed by atoms with Gasteiger partial charge in [-0.2, -0.15) is 0 Å². The summed E-state index contributed by atoms with van der Waals surface area (Å²) in [5, 5.41) is 3.79. The summed E-state index contributed by atoms with van der Waals surface area (Å²) < 4.78 is 11.4. The van der Waals surface area contributed by atoms with E-state index in [-0.39, 0.29) is 6.10 Å². The smallest absolute Gasteiger partial charge is 0.142 e. The van der Waals surface area contributed by atoms with Gasteiger partial charge in [-0.05, 0) is 26.0 Å². The van der Waals surface area contributed by atoms with Gasteiger partial charge in [0.2, 0.25) is 0 Å². The Morgan fingerprint density at radius 1 is 1.53 bits per heavy atom. The summed E-state index contributed by atoms with van der Waals surface area (Å²) in [6.45, 7) is 2.25. The third-order valence-corrected chi connectivity index (χ3v) is 3.12. The van der Waals surface area contributed by atoms with E-state index in [2.05, 4.69) is 5.32 Å². The van der Waals surface area contributed by atoms with Crippen LogP contribution in [0.2, 0.25) is 5.02 Å². The van der Waals surface area contributed by atoms with Crippen molar-refractivity contribution in [1.29, 1.82) is 0 Å². The maximum Gasteiger partial charge on any atom is 0.142 e. The molecule has 1 aromatic carbocycles. The molecule has 1 aliphatic heterocycles. The molecular formula is C13H18ClNO2. The topological polar surface area (TPSA) is 30.5 Å². The maximum atomic E-state index is 6.19. The van der Waals surface area contributed by atoms with Crippen molar-refractivity contribution in [2.24, 2.45) is 0 Å². The van der Waals surface area contributed by atoms with Gasteiger partial charge in [-0.15, -0.1) is 0 Å². The molecule has 1 N–H and O–H groups in total. The van der Waals surface area contributed by atoms with Gasteiger partial charge in [0.25, 0.3) is 0 Å². The molecule has 0 aromatic heterocycles. The zero-order valence-electron chi connectivity index (χ0n) is 10.0. The van der Waals surface area contributed by atoms with Gasteiger partial charge in [0.1, 0.15) is 11.9 Å². The Morgan fingerprint density at radius 3 is 3.12 bits per heavy atom. The van der Waals surface area contributed by atoms with Gasteiger partial charge >= 0.3 is 0 Å². The number of rotatable bonds is 4. The largest absolute Gasteiger partial charge is 0.486 e. The van der Waals surface area contributed by atoms with Crippen LogP contribution in [0.4, 0.5) is 0 Å². The van der Waals surface area contributed by atoms with Gasteiger partial charge < -0.3 is 14.8 Å². The monoisotopic (exact) mass is 255 g/mol. The van der Waals surface area contributed by atoms with E-state index < -0.39 is 0 Å². The fraction of sp³-hybridized carbons (Fsp3) is 0.538. The number of hydrogen-bond donors (Lipinski definition) is 1. The van der Waals surface area contributed by atoms with Crippen molar-refractivity contribution in [2.45, 2.75) is 25.5 Å². The Labute approximate surface area is 107 Å². The summed E-state index contributed by atoms with van der Waals surface area (Å²) in [5.74, 6) is 0.791. The van der Waals surface area contributed by atoms with Crippen molar-refractivity contribution >= 4 is 11.6 Å². The molecule has 0 radical (unpaired) electrons. The van der Waals surface area contributed by atoms with Crippen molar-refractivity contribution in [3.8, 4) is 5.75 Å². The first-order valence-electron chi connectivity index (χ1n) is 5.97. The predicted octanol–water partition coefficient (Wildman–Crippen LogP) is 2.62. The Morgan fingerprint density at radius 2 is 2.41 bits per heavy atom. The van der Waals surface area contributed by atoms with Crippen LogP contribution in [-0.4, -0.2) is 26.4 Å². The normalized spacial score (nSPS) is 20.2. The Kier molecular flexibility index (Phi) is 4.66. The van der Waals surface area contributed by atoms with Gasteiger partial charge in [0, 0.05) is 18.7 Å². The number of halogens is 1. The third-order valence-electron chi connectivity index (χ3n) is 2.82. The number of nitrogens with one attached hydrogen (secondary N) is 1. The fourth-order valence-corrected chi connectivity index (χ4v) is 2.22. The number of benzene rings is 1. The Balaban J connectivity index is 2.12. The van der Waals surface area contributed by atoms with Crippen LogP contribution in [0.3, 0.4) is 0 Å². The van der Waals surface area contributed by atoms with Gasteiger partial charge in [0.05, 0.1) is 11.6 Å². The highest BCUT2D eigenvalue weighted by atomic mass is 35.5. The standard InChI is InChI=1S/C13H18ClNO2/c1-15-8-10-4-2-6-12(14)13(10)17-11-5-3-7-16-9-11/h2,4,6,11,15H,3,5,7-9H2,1H3. The zero-order chi connectivity index (χ0) is 12.1. The molecule has 17 heavy (non-hydrogen) atoms. The summed E-state index contributed by atoms with van der Waals surface area (Å²) in [7, 11) is 1.91. The van der Waals surface area contributed by atoms with Crippen LogP contribution >= 0.6 is 11.6 Å². The molecule has 0 bridgehead atoms. The molecule has 1 aliphatic rings. The molecule has 0 saturated carbocycles. The molecule has 1 saturated heterocycles. The SMILES string of the molecule is CNCc1cccc(Cl)c1OC1CCCOC1. The summed E-state index contributed by atoms with van der Waals surface area (Å²) >= 11 is 6.19. The quantitative estimate of drug-likeness (QED) is 0.897. The van der Waals surface area contributed by atoms with Crippen LogP contribution in [0.5, 0.6) is 5.75 Å². The van der Waals surface area contributed by atoms with Crippen LogP contribution in [-0.2, 0) is 11.3 Å². The number of hydrogen-bond acceptors (Lipinski definition) is 3. The molecule has 1 fully saturated rings. The molecule has 1 heterocycles. The van der Waals surface area contributed by atoms with Gasteiger partial charge in [-0.1, -0.05) is 23.7 Å². The van der Waals surface area contributed by atoms with E-state index in [1.165, 1.54) is 0 Å². The second-order valence-electron chi connectivity index (χ2n) is 4.22. The Hall–Kier alpha value is -0.770. The lowest BCUT2D eigenvalue weighted by Gasteiger charge is -2.25. The lowest BCUT2D eigenvalue weighted by Crippen LogP contribution is -2.28. The van der Waals surface area contributed by atoms with Crippen molar-refractivity contribution in [1.82, 2.24) is 5.32 Å². The summed E-state index contributed by atoms with van der Waals surface area (Å²) in [4.78, 5) is 0. The van der Waals surface area contributed by atoms with Crippen LogP contribution in [0.1, 0.15) is 18.4 Å². The van der Waals surface area contributed by atoms with Crippen molar-refractivity contribution in [3.05, 3.63) is 28.8 Å². The second-order valence-corrected chi connectivity index (χ2v) is 4.62. The van der Waals surface area contributed by atoms with Crippen LogP contribution in [0.15, 0.2) is 18.2 Å². The summed E-state index contributed by atoms with van der Waals surface area (Å²) in [6, 6.07) is 5.83. The van der Waals surface area contributed by atoms with Gasteiger partial charge in [-0.3, -0.25) is 0 Å². The van der Waals surface area contributed by atoms with E-state index in [0.717, 1.165) is 37.3 Å². The van der Waals surface area contributed by atoms with Crippen molar-refractivity contribution in [2.75, 3.05) is 20.3 Å². The van der Waals surface area contributed by atoms with E-state index in [1.807, 2.05) is 25.2 Å². The number of para-hydroxylation sites is 1. The predicted molar refractivity (Wildman–Crippen MR) is 68.7 cm³/mol. The lowest BCUT2D eigenvalue weighted by molar-refractivity contribution is 0.00706. The first-order chi connectivity index (χ1) is 8.31.